The van der Waals surface area contributed by atoms with E-state index in [1.54, 1.807) is 18.3 Å². The molecule has 0 amide bonds. The van der Waals surface area contributed by atoms with Gasteiger partial charge in [-0.15, -0.1) is 0 Å². The Morgan fingerprint density at radius 2 is 2.12 bits per heavy atom. The number of hydrogen-bond acceptors (Lipinski definition) is 3. The maximum Gasteiger partial charge on any atom is 0.148 e. The minimum Gasteiger partial charge on any atom is -0.339 e. The van der Waals surface area contributed by atoms with Gasteiger partial charge in [0.2, 0.25) is 0 Å². The standard InChI is InChI=1S/C13H10BrN3/c1-9-11(14)5-2-6-12(9)17-13-10(8-15)4-3-7-16-13/h2-7H,1H3,(H,16,17). The lowest BCUT2D eigenvalue weighted by Gasteiger charge is -2.10. The molecule has 0 saturated carbocycles. The number of nitriles is 1. The molecule has 84 valence electrons. The Morgan fingerprint density at radius 1 is 1.29 bits per heavy atom. The molecule has 0 atom stereocenters. The zero-order chi connectivity index (χ0) is 12.3. The van der Waals surface area contributed by atoms with E-state index in [2.05, 4.69) is 32.3 Å². The van der Waals surface area contributed by atoms with Crippen molar-refractivity contribution in [3.8, 4) is 6.07 Å². The van der Waals surface area contributed by atoms with E-state index in [0.717, 1.165) is 15.7 Å². The van der Waals surface area contributed by atoms with E-state index in [-0.39, 0.29) is 0 Å². The van der Waals surface area contributed by atoms with Crippen molar-refractivity contribution in [1.82, 2.24) is 4.98 Å². The molecule has 0 aliphatic heterocycles. The van der Waals surface area contributed by atoms with Gasteiger partial charge in [0.25, 0.3) is 0 Å². The van der Waals surface area contributed by atoms with Crippen LogP contribution in [0, 0.1) is 18.3 Å². The van der Waals surface area contributed by atoms with Gasteiger partial charge in [0.05, 0.1) is 5.56 Å². The molecule has 0 aliphatic carbocycles. The molecule has 0 unspecified atom stereocenters. The van der Waals surface area contributed by atoms with Gasteiger partial charge in [0.1, 0.15) is 11.9 Å². The zero-order valence-electron chi connectivity index (χ0n) is 9.24. The second kappa shape index (κ2) is 4.98. The summed E-state index contributed by atoms with van der Waals surface area (Å²) in [6.45, 7) is 2.00. The Labute approximate surface area is 108 Å². The first-order valence-corrected chi connectivity index (χ1v) is 5.89. The molecule has 2 aromatic rings. The molecule has 3 nitrogen and oxygen atoms in total. The number of aromatic nitrogens is 1. The number of rotatable bonds is 2. The largest absolute Gasteiger partial charge is 0.339 e. The summed E-state index contributed by atoms with van der Waals surface area (Å²) in [7, 11) is 0. The second-order valence-corrected chi connectivity index (χ2v) is 4.40. The summed E-state index contributed by atoms with van der Waals surface area (Å²) in [5.74, 6) is 0.580. The Bertz CT molecular complexity index is 587. The quantitative estimate of drug-likeness (QED) is 0.915. The van der Waals surface area contributed by atoms with Gasteiger partial charge in [-0.25, -0.2) is 4.98 Å². The summed E-state index contributed by atoms with van der Waals surface area (Å²) in [6.07, 6.45) is 1.66. The normalized spacial score (nSPS) is 9.71. The number of hydrogen-bond donors (Lipinski definition) is 1. The molecule has 1 aromatic heterocycles. The second-order valence-electron chi connectivity index (χ2n) is 3.55. The van der Waals surface area contributed by atoms with Crippen LogP contribution in [0.15, 0.2) is 41.0 Å². The maximum atomic E-state index is 8.98. The van der Waals surface area contributed by atoms with Crippen molar-refractivity contribution in [1.29, 1.82) is 5.26 Å². The Kier molecular flexibility index (Phi) is 3.40. The van der Waals surface area contributed by atoms with E-state index in [4.69, 9.17) is 5.26 Å². The summed E-state index contributed by atoms with van der Waals surface area (Å²) in [5, 5.41) is 12.2. The van der Waals surface area contributed by atoms with Crippen molar-refractivity contribution < 1.29 is 0 Å². The first-order chi connectivity index (χ1) is 8.22. The molecule has 1 N–H and O–H groups in total. The van der Waals surface area contributed by atoms with Crippen molar-refractivity contribution in [2.45, 2.75) is 6.92 Å². The average molecular weight is 288 g/mol. The van der Waals surface area contributed by atoms with Crippen molar-refractivity contribution in [3.05, 3.63) is 52.1 Å². The molecule has 4 heteroatoms. The highest BCUT2D eigenvalue weighted by Gasteiger charge is 2.06. The fourth-order valence-corrected chi connectivity index (χ4v) is 1.83. The molecule has 2 rings (SSSR count). The lowest BCUT2D eigenvalue weighted by Crippen LogP contribution is -1.98. The molecule has 17 heavy (non-hydrogen) atoms. The van der Waals surface area contributed by atoms with E-state index in [1.807, 2.05) is 25.1 Å². The van der Waals surface area contributed by atoms with Crippen LogP contribution in [0.1, 0.15) is 11.1 Å². The van der Waals surface area contributed by atoms with Crippen LogP contribution < -0.4 is 5.32 Å². The Balaban J connectivity index is 2.39. The van der Waals surface area contributed by atoms with Gasteiger partial charge in [-0.2, -0.15) is 5.26 Å². The highest BCUT2D eigenvalue weighted by atomic mass is 79.9. The summed E-state index contributed by atoms with van der Waals surface area (Å²) < 4.78 is 1.02. The van der Waals surface area contributed by atoms with E-state index < -0.39 is 0 Å². The molecule has 0 saturated heterocycles. The highest BCUT2D eigenvalue weighted by molar-refractivity contribution is 9.10. The van der Waals surface area contributed by atoms with Gasteiger partial charge < -0.3 is 5.32 Å². The van der Waals surface area contributed by atoms with Crippen LogP contribution >= 0.6 is 15.9 Å². The fourth-order valence-electron chi connectivity index (χ4n) is 1.47. The zero-order valence-corrected chi connectivity index (χ0v) is 10.8. The Morgan fingerprint density at radius 3 is 2.88 bits per heavy atom. The van der Waals surface area contributed by atoms with Crippen LogP contribution in [-0.4, -0.2) is 4.98 Å². The van der Waals surface area contributed by atoms with E-state index >= 15 is 0 Å². The molecular formula is C13H10BrN3. The lowest BCUT2D eigenvalue weighted by molar-refractivity contribution is 1.27. The predicted octanol–water partition coefficient (Wildman–Crippen LogP) is 3.77. The third-order valence-electron chi connectivity index (χ3n) is 2.45. The van der Waals surface area contributed by atoms with Crippen LogP contribution in [0.25, 0.3) is 0 Å². The maximum absolute atomic E-state index is 8.98. The summed E-state index contributed by atoms with van der Waals surface area (Å²) in [5.41, 5.74) is 2.56. The van der Waals surface area contributed by atoms with E-state index in [0.29, 0.717) is 11.4 Å². The number of anilines is 2. The number of nitrogens with zero attached hydrogens (tertiary/aromatic N) is 2. The first-order valence-electron chi connectivity index (χ1n) is 5.09. The van der Waals surface area contributed by atoms with Crippen LogP contribution in [0.5, 0.6) is 0 Å². The molecule has 1 aromatic carbocycles. The van der Waals surface area contributed by atoms with Crippen LogP contribution in [-0.2, 0) is 0 Å². The van der Waals surface area contributed by atoms with Gasteiger partial charge >= 0.3 is 0 Å². The fraction of sp³-hybridized carbons (Fsp3) is 0.0769. The summed E-state index contributed by atoms with van der Waals surface area (Å²) in [6, 6.07) is 11.5. The lowest BCUT2D eigenvalue weighted by atomic mass is 10.2. The molecule has 1 heterocycles. The first kappa shape index (κ1) is 11.6. The molecule has 0 fully saturated rings. The summed E-state index contributed by atoms with van der Waals surface area (Å²) >= 11 is 3.47. The van der Waals surface area contributed by atoms with Crippen molar-refractivity contribution >= 4 is 27.4 Å². The van der Waals surface area contributed by atoms with Crippen LogP contribution in [0.3, 0.4) is 0 Å². The Hall–Kier alpha value is -1.86. The highest BCUT2D eigenvalue weighted by Crippen LogP contribution is 2.26. The minimum absolute atomic E-state index is 0.534. The van der Waals surface area contributed by atoms with Crippen molar-refractivity contribution in [3.63, 3.8) is 0 Å². The van der Waals surface area contributed by atoms with E-state index in [9.17, 15) is 0 Å². The van der Waals surface area contributed by atoms with Gasteiger partial charge in [-0.1, -0.05) is 22.0 Å². The van der Waals surface area contributed by atoms with Crippen LogP contribution in [0.2, 0.25) is 0 Å². The molecular weight excluding hydrogens is 278 g/mol. The van der Waals surface area contributed by atoms with Gasteiger partial charge in [0, 0.05) is 16.4 Å². The van der Waals surface area contributed by atoms with E-state index in [1.165, 1.54) is 0 Å². The van der Waals surface area contributed by atoms with Crippen molar-refractivity contribution in [2.24, 2.45) is 0 Å². The number of nitrogens with one attached hydrogen (secondary N) is 1. The van der Waals surface area contributed by atoms with Gasteiger partial charge in [-0.3, -0.25) is 0 Å². The molecule has 0 spiro atoms. The monoisotopic (exact) mass is 287 g/mol. The number of pyridine rings is 1. The predicted molar refractivity (Wildman–Crippen MR) is 71.1 cm³/mol. The molecule has 0 radical (unpaired) electrons. The van der Waals surface area contributed by atoms with Gasteiger partial charge in [0.15, 0.2) is 0 Å². The third kappa shape index (κ3) is 2.45. The van der Waals surface area contributed by atoms with Gasteiger partial charge in [-0.05, 0) is 36.8 Å². The minimum atomic E-state index is 0.534. The molecule has 0 bridgehead atoms. The van der Waals surface area contributed by atoms with Crippen molar-refractivity contribution in [2.75, 3.05) is 5.32 Å². The average Bonchev–Trinajstić information content (AvgIpc) is 2.35. The summed E-state index contributed by atoms with van der Waals surface area (Å²) in [4.78, 5) is 4.17. The number of halogens is 1. The SMILES string of the molecule is Cc1c(Br)cccc1Nc1ncccc1C#N. The number of benzene rings is 1. The smallest absolute Gasteiger partial charge is 0.148 e. The topological polar surface area (TPSA) is 48.7 Å². The molecule has 0 aliphatic rings. The van der Waals surface area contributed by atoms with Crippen LogP contribution in [0.4, 0.5) is 11.5 Å². The third-order valence-corrected chi connectivity index (χ3v) is 3.31.